The highest BCUT2D eigenvalue weighted by Crippen LogP contribution is 2.26. The van der Waals surface area contributed by atoms with E-state index in [1.54, 1.807) is 0 Å². The summed E-state index contributed by atoms with van der Waals surface area (Å²) in [7, 11) is 0. The molecule has 0 bridgehead atoms. The van der Waals surface area contributed by atoms with Crippen molar-refractivity contribution in [1.82, 2.24) is 25.6 Å². The lowest BCUT2D eigenvalue weighted by Crippen LogP contribution is -2.41. The highest BCUT2D eigenvalue weighted by Gasteiger charge is 2.15. The minimum Gasteiger partial charge on any atom is -0.372 e. The molecule has 0 aliphatic heterocycles. The first-order chi connectivity index (χ1) is 13.0. The van der Waals surface area contributed by atoms with Crippen LogP contribution in [0.4, 0.5) is 5.69 Å². The van der Waals surface area contributed by atoms with Crippen molar-refractivity contribution in [3.8, 4) is 11.4 Å². The Hall–Kier alpha value is -2.55. The third-order valence-electron chi connectivity index (χ3n) is 4.00. The molecule has 2 aromatic rings. The first-order valence-electron chi connectivity index (χ1n) is 8.96. The molecule has 0 spiro atoms. The second-order valence-electron chi connectivity index (χ2n) is 5.79. The topological polar surface area (TPSA) is 92.2 Å². The van der Waals surface area contributed by atoms with Gasteiger partial charge in [-0.05, 0) is 45.0 Å². The number of carbonyl (C=O) groups is 2. The summed E-state index contributed by atoms with van der Waals surface area (Å²) >= 11 is 1.28. The number of carbonyl (C=O) groups excluding carboxylic acids is 2. The zero-order valence-corrected chi connectivity index (χ0v) is 17.0. The fourth-order valence-electron chi connectivity index (χ4n) is 2.63. The van der Waals surface area contributed by atoms with Crippen LogP contribution in [0, 0.1) is 0 Å². The number of rotatable bonds is 8. The smallest absolute Gasteiger partial charge is 0.248 e. The molecule has 1 heterocycles. The number of amides is 2. The molecule has 2 amide bonds. The standard InChI is InChI=1S/C18H26N6O2S/c1-5-23(6-2)15-10-8-14(9-11-15)17-21-22-18(24(17)7-3)27-12-16(26)20-19-13(4)25/h8-11H,5-7,12H2,1-4H3,(H,19,25)(H,20,26). The Morgan fingerprint density at radius 3 is 2.30 bits per heavy atom. The van der Waals surface area contributed by atoms with E-state index in [4.69, 9.17) is 0 Å². The van der Waals surface area contributed by atoms with E-state index in [1.807, 2.05) is 23.6 Å². The van der Waals surface area contributed by atoms with Crippen molar-refractivity contribution in [2.24, 2.45) is 0 Å². The molecule has 0 saturated carbocycles. The lowest BCUT2D eigenvalue weighted by molar-refractivity contribution is -0.126. The van der Waals surface area contributed by atoms with Gasteiger partial charge in [-0.3, -0.25) is 20.4 Å². The summed E-state index contributed by atoms with van der Waals surface area (Å²) in [5.74, 6) is 0.291. The Balaban J connectivity index is 2.10. The Morgan fingerprint density at radius 1 is 1.07 bits per heavy atom. The van der Waals surface area contributed by atoms with Gasteiger partial charge in [-0.1, -0.05) is 11.8 Å². The SMILES string of the molecule is CCN(CC)c1ccc(-c2nnc(SCC(=O)NNC(C)=O)n2CC)cc1. The van der Waals surface area contributed by atoms with Crippen LogP contribution < -0.4 is 15.8 Å². The summed E-state index contributed by atoms with van der Waals surface area (Å²) < 4.78 is 1.97. The largest absolute Gasteiger partial charge is 0.372 e. The maximum Gasteiger partial charge on any atom is 0.248 e. The molecule has 27 heavy (non-hydrogen) atoms. The normalized spacial score (nSPS) is 10.5. The van der Waals surface area contributed by atoms with Crippen molar-refractivity contribution in [3.63, 3.8) is 0 Å². The van der Waals surface area contributed by atoms with Crippen LogP contribution in [0.2, 0.25) is 0 Å². The van der Waals surface area contributed by atoms with Crippen molar-refractivity contribution < 1.29 is 9.59 Å². The average Bonchev–Trinajstić information content (AvgIpc) is 3.09. The number of hydrogen-bond donors (Lipinski definition) is 2. The van der Waals surface area contributed by atoms with Gasteiger partial charge in [-0.15, -0.1) is 10.2 Å². The highest BCUT2D eigenvalue weighted by molar-refractivity contribution is 7.99. The average molecular weight is 391 g/mol. The molecular weight excluding hydrogens is 364 g/mol. The van der Waals surface area contributed by atoms with Crippen LogP contribution >= 0.6 is 11.8 Å². The van der Waals surface area contributed by atoms with Crippen molar-refractivity contribution in [2.45, 2.75) is 39.4 Å². The monoisotopic (exact) mass is 390 g/mol. The van der Waals surface area contributed by atoms with E-state index >= 15 is 0 Å². The molecule has 2 rings (SSSR count). The predicted octanol–water partition coefficient (Wildman–Crippen LogP) is 2.07. The quantitative estimate of drug-likeness (QED) is 0.530. The van der Waals surface area contributed by atoms with Gasteiger partial charge in [0.1, 0.15) is 0 Å². The van der Waals surface area contributed by atoms with E-state index in [0.717, 1.165) is 24.5 Å². The summed E-state index contributed by atoms with van der Waals surface area (Å²) in [5.41, 5.74) is 6.76. The van der Waals surface area contributed by atoms with Crippen LogP contribution in [-0.4, -0.2) is 45.4 Å². The highest BCUT2D eigenvalue weighted by atomic mass is 32.2. The molecule has 146 valence electrons. The Kier molecular flexibility index (Phi) is 7.66. The summed E-state index contributed by atoms with van der Waals surface area (Å²) in [4.78, 5) is 24.9. The number of nitrogens with one attached hydrogen (secondary N) is 2. The van der Waals surface area contributed by atoms with Gasteiger partial charge in [0.25, 0.3) is 0 Å². The summed E-state index contributed by atoms with van der Waals surface area (Å²) in [6.07, 6.45) is 0. The number of hydrazine groups is 1. The van der Waals surface area contributed by atoms with Crippen LogP contribution in [0.1, 0.15) is 27.7 Å². The third-order valence-corrected chi connectivity index (χ3v) is 4.96. The first-order valence-corrected chi connectivity index (χ1v) is 9.95. The molecule has 9 heteroatoms. The molecule has 0 aliphatic carbocycles. The third kappa shape index (κ3) is 5.46. The predicted molar refractivity (Wildman–Crippen MR) is 107 cm³/mol. The van der Waals surface area contributed by atoms with Gasteiger partial charge in [0.15, 0.2) is 11.0 Å². The van der Waals surface area contributed by atoms with Gasteiger partial charge >= 0.3 is 0 Å². The second-order valence-corrected chi connectivity index (χ2v) is 6.73. The molecule has 1 aromatic carbocycles. The molecule has 2 N–H and O–H groups in total. The molecule has 8 nitrogen and oxygen atoms in total. The molecule has 0 unspecified atom stereocenters. The second kappa shape index (κ2) is 9.96. The number of hydrogen-bond acceptors (Lipinski definition) is 6. The summed E-state index contributed by atoms with van der Waals surface area (Å²) in [5, 5.41) is 9.18. The summed E-state index contributed by atoms with van der Waals surface area (Å²) in [6.45, 7) is 10.2. The molecular formula is C18H26N6O2S. The Bertz CT molecular complexity index is 771. The van der Waals surface area contributed by atoms with Gasteiger partial charge in [0.05, 0.1) is 5.75 Å². The van der Waals surface area contributed by atoms with E-state index in [1.165, 1.54) is 24.4 Å². The van der Waals surface area contributed by atoms with Crippen LogP contribution in [0.5, 0.6) is 0 Å². The van der Waals surface area contributed by atoms with Crippen molar-refractivity contribution in [2.75, 3.05) is 23.7 Å². The molecule has 0 atom stereocenters. The van der Waals surface area contributed by atoms with Gasteiger partial charge < -0.3 is 9.47 Å². The molecule has 0 radical (unpaired) electrons. The fourth-order valence-corrected chi connectivity index (χ4v) is 3.43. The van der Waals surface area contributed by atoms with Crippen LogP contribution in [-0.2, 0) is 16.1 Å². The molecule has 0 aliphatic rings. The van der Waals surface area contributed by atoms with E-state index in [-0.39, 0.29) is 17.6 Å². The van der Waals surface area contributed by atoms with E-state index in [2.05, 4.69) is 51.9 Å². The van der Waals surface area contributed by atoms with E-state index in [0.29, 0.717) is 11.7 Å². The maximum atomic E-state index is 11.7. The number of anilines is 1. The van der Waals surface area contributed by atoms with Crippen molar-refractivity contribution >= 4 is 29.3 Å². The lowest BCUT2D eigenvalue weighted by Gasteiger charge is -2.21. The van der Waals surface area contributed by atoms with Crippen LogP contribution in [0.25, 0.3) is 11.4 Å². The Morgan fingerprint density at radius 2 is 1.74 bits per heavy atom. The number of benzene rings is 1. The first kappa shape index (κ1) is 20.8. The fraction of sp³-hybridized carbons (Fsp3) is 0.444. The number of aromatic nitrogens is 3. The lowest BCUT2D eigenvalue weighted by atomic mass is 10.2. The van der Waals surface area contributed by atoms with Crippen LogP contribution in [0.15, 0.2) is 29.4 Å². The van der Waals surface area contributed by atoms with Gasteiger partial charge in [-0.2, -0.15) is 0 Å². The number of nitrogens with zero attached hydrogens (tertiary/aromatic N) is 4. The van der Waals surface area contributed by atoms with Crippen molar-refractivity contribution in [3.05, 3.63) is 24.3 Å². The van der Waals surface area contributed by atoms with Gasteiger partial charge in [0, 0.05) is 37.8 Å². The van der Waals surface area contributed by atoms with Crippen molar-refractivity contribution in [1.29, 1.82) is 0 Å². The minimum atomic E-state index is -0.319. The number of thioether (sulfide) groups is 1. The summed E-state index contributed by atoms with van der Waals surface area (Å²) in [6, 6.07) is 8.26. The van der Waals surface area contributed by atoms with Crippen LogP contribution in [0.3, 0.4) is 0 Å². The molecule has 0 saturated heterocycles. The molecule has 1 aromatic heterocycles. The van der Waals surface area contributed by atoms with E-state index in [9.17, 15) is 9.59 Å². The van der Waals surface area contributed by atoms with E-state index < -0.39 is 0 Å². The Labute approximate surface area is 163 Å². The zero-order valence-electron chi connectivity index (χ0n) is 16.2. The zero-order chi connectivity index (χ0) is 19.8. The minimum absolute atomic E-state index is 0.138. The van der Waals surface area contributed by atoms with Gasteiger partial charge in [-0.25, -0.2) is 0 Å². The maximum absolute atomic E-state index is 11.7. The van der Waals surface area contributed by atoms with Gasteiger partial charge in [0.2, 0.25) is 11.8 Å². The molecule has 0 fully saturated rings.